The van der Waals surface area contributed by atoms with Crippen LogP contribution in [0.5, 0.6) is 5.88 Å². The highest BCUT2D eigenvalue weighted by molar-refractivity contribution is 5.93. The molecule has 0 atom stereocenters. The quantitative estimate of drug-likeness (QED) is 0.409. The van der Waals surface area contributed by atoms with Gasteiger partial charge in [-0.05, 0) is 43.2 Å². The summed E-state index contributed by atoms with van der Waals surface area (Å²) in [4.78, 5) is 18.0. The van der Waals surface area contributed by atoms with E-state index in [-0.39, 0.29) is 6.10 Å². The Balaban J connectivity index is 1.28. The van der Waals surface area contributed by atoms with Gasteiger partial charge >= 0.3 is 0 Å². The lowest BCUT2D eigenvalue weighted by atomic mass is 10.1. The molecule has 4 aromatic rings. The molecule has 0 aliphatic carbocycles. The van der Waals surface area contributed by atoms with Crippen molar-refractivity contribution >= 4 is 22.9 Å². The Morgan fingerprint density at radius 1 is 1.09 bits per heavy atom. The van der Waals surface area contributed by atoms with Gasteiger partial charge in [0.15, 0.2) is 0 Å². The zero-order valence-corrected chi connectivity index (χ0v) is 20.5. The molecule has 1 N–H and O–H groups in total. The number of piperazine rings is 1. The van der Waals surface area contributed by atoms with E-state index < -0.39 is 0 Å². The zero-order valence-electron chi connectivity index (χ0n) is 20.5. The average molecular weight is 470 g/mol. The molecule has 5 rings (SSSR count). The number of ether oxygens (including phenoxy) is 1. The average Bonchev–Trinajstić information content (AvgIpc) is 3.28. The number of hydrogen-bond acceptors (Lipinski definition) is 7. The fourth-order valence-corrected chi connectivity index (χ4v) is 4.48. The van der Waals surface area contributed by atoms with Crippen molar-refractivity contribution in [3.05, 3.63) is 66.0 Å². The second-order valence-corrected chi connectivity index (χ2v) is 9.11. The van der Waals surface area contributed by atoms with Crippen LogP contribution in [0.15, 0.2) is 59.9 Å². The van der Waals surface area contributed by atoms with Crippen LogP contribution in [0.2, 0.25) is 0 Å². The minimum Gasteiger partial charge on any atom is -0.475 e. The molecule has 8 heteroatoms. The van der Waals surface area contributed by atoms with Crippen LogP contribution in [0, 0.1) is 0 Å². The summed E-state index contributed by atoms with van der Waals surface area (Å²) in [5, 5.41) is 8.65. The number of aliphatic imine (C=N–C) groups is 1. The summed E-state index contributed by atoms with van der Waals surface area (Å²) in [5.74, 6) is 1.58. The van der Waals surface area contributed by atoms with Crippen molar-refractivity contribution in [3.63, 3.8) is 0 Å². The van der Waals surface area contributed by atoms with Crippen LogP contribution in [0.1, 0.15) is 25.0 Å². The Morgan fingerprint density at radius 2 is 1.94 bits per heavy atom. The summed E-state index contributed by atoms with van der Waals surface area (Å²) in [7, 11) is 1.80. The van der Waals surface area contributed by atoms with E-state index in [1.807, 2.05) is 38.4 Å². The van der Waals surface area contributed by atoms with E-state index in [2.05, 4.69) is 65.3 Å². The molecule has 3 aromatic heterocycles. The maximum Gasteiger partial charge on any atom is 0.214 e. The number of aromatic amines is 1. The van der Waals surface area contributed by atoms with Crippen molar-refractivity contribution in [2.45, 2.75) is 26.5 Å². The van der Waals surface area contributed by atoms with Crippen molar-refractivity contribution in [2.75, 3.05) is 38.1 Å². The van der Waals surface area contributed by atoms with Crippen LogP contribution in [0.3, 0.4) is 0 Å². The van der Waals surface area contributed by atoms with Gasteiger partial charge in [-0.1, -0.05) is 18.2 Å². The van der Waals surface area contributed by atoms with E-state index in [1.165, 1.54) is 5.56 Å². The Bertz CT molecular complexity index is 1320. The first-order valence-electron chi connectivity index (χ1n) is 12.0. The monoisotopic (exact) mass is 469 g/mol. The Hall–Kier alpha value is -3.78. The van der Waals surface area contributed by atoms with Gasteiger partial charge in [-0.15, -0.1) is 0 Å². The van der Waals surface area contributed by atoms with Gasteiger partial charge in [-0.3, -0.25) is 15.0 Å². The minimum atomic E-state index is 0.0654. The highest BCUT2D eigenvalue weighted by atomic mass is 16.5. The molecule has 1 aliphatic heterocycles. The van der Waals surface area contributed by atoms with Crippen LogP contribution in [0.25, 0.3) is 22.2 Å². The number of nitrogens with one attached hydrogen (secondary N) is 1. The first kappa shape index (κ1) is 23.0. The van der Waals surface area contributed by atoms with Crippen LogP contribution >= 0.6 is 0 Å². The predicted molar refractivity (Wildman–Crippen MR) is 140 cm³/mol. The number of rotatable bonds is 7. The SMILES string of the molecule is C/N=C/c1cccc(CN2CCN(c3cc(-c4n[nH]c5cnc(OC(C)C)cc45)ccn3)CC2)c1. The number of benzene rings is 1. The normalized spacial score (nSPS) is 14.9. The number of fused-ring (bicyclic) bond motifs is 1. The molecule has 8 nitrogen and oxygen atoms in total. The van der Waals surface area contributed by atoms with Gasteiger partial charge in [0.1, 0.15) is 11.5 Å². The maximum absolute atomic E-state index is 5.79. The molecular formula is C27H31N7O. The predicted octanol–water partition coefficient (Wildman–Crippen LogP) is 4.18. The summed E-state index contributed by atoms with van der Waals surface area (Å²) in [6.45, 7) is 8.79. The number of H-pyrrole nitrogens is 1. The first-order valence-corrected chi connectivity index (χ1v) is 12.0. The standard InChI is InChI=1S/C27H31N7O/c1-19(2)35-26-15-23-24(17-30-26)31-32-27(23)22-7-8-29-25(14-22)34-11-9-33(10-12-34)18-21-6-4-5-20(13-21)16-28-3/h4-8,13-17,19H,9-12,18H2,1-3H3,(H,31,32)/b28-16+. The molecule has 35 heavy (non-hydrogen) atoms. The van der Waals surface area contributed by atoms with Crippen molar-refractivity contribution in [1.82, 2.24) is 25.1 Å². The smallest absolute Gasteiger partial charge is 0.214 e. The molecule has 0 spiro atoms. The third-order valence-corrected chi connectivity index (χ3v) is 6.13. The number of anilines is 1. The van der Waals surface area contributed by atoms with E-state index in [0.29, 0.717) is 5.88 Å². The molecule has 0 unspecified atom stereocenters. The number of nitrogens with zero attached hydrogens (tertiary/aromatic N) is 6. The Kier molecular flexibility index (Phi) is 6.72. The molecule has 4 heterocycles. The molecule has 1 fully saturated rings. The lowest BCUT2D eigenvalue weighted by Crippen LogP contribution is -2.46. The van der Waals surface area contributed by atoms with E-state index in [9.17, 15) is 0 Å². The van der Waals surface area contributed by atoms with Gasteiger partial charge in [-0.2, -0.15) is 5.10 Å². The van der Waals surface area contributed by atoms with Crippen molar-refractivity contribution in [2.24, 2.45) is 4.99 Å². The highest BCUT2D eigenvalue weighted by Gasteiger charge is 2.19. The summed E-state index contributed by atoms with van der Waals surface area (Å²) in [6.07, 6.45) is 5.61. The maximum atomic E-state index is 5.79. The van der Waals surface area contributed by atoms with Gasteiger partial charge in [0.05, 0.1) is 17.8 Å². The van der Waals surface area contributed by atoms with E-state index in [0.717, 1.165) is 66.3 Å². The van der Waals surface area contributed by atoms with Crippen molar-refractivity contribution < 1.29 is 4.74 Å². The zero-order chi connectivity index (χ0) is 24.2. The molecule has 0 bridgehead atoms. The largest absolute Gasteiger partial charge is 0.475 e. The van der Waals surface area contributed by atoms with Crippen molar-refractivity contribution in [3.8, 4) is 17.1 Å². The summed E-state index contributed by atoms with van der Waals surface area (Å²) in [5.41, 5.74) is 5.26. The van der Waals surface area contributed by atoms with Crippen LogP contribution in [-0.4, -0.2) is 70.6 Å². The van der Waals surface area contributed by atoms with Crippen molar-refractivity contribution in [1.29, 1.82) is 0 Å². The summed E-state index contributed by atoms with van der Waals surface area (Å²) >= 11 is 0. The second kappa shape index (κ2) is 10.2. The van der Waals surface area contributed by atoms with Gasteiger partial charge in [0.2, 0.25) is 5.88 Å². The molecular weight excluding hydrogens is 438 g/mol. The summed E-state index contributed by atoms with van der Waals surface area (Å²) in [6, 6.07) is 14.7. The third-order valence-electron chi connectivity index (χ3n) is 6.13. The van der Waals surface area contributed by atoms with E-state index >= 15 is 0 Å². The van der Waals surface area contributed by atoms with Gasteiger partial charge in [-0.25, -0.2) is 9.97 Å². The Labute approximate surface area is 205 Å². The molecule has 0 radical (unpaired) electrons. The molecule has 1 aliphatic rings. The van der Waals surface area contributed by atoms with Crippen LogP contribution in [-0.2, 0) is 6.54 Å². The van der Waals surface area contributed by atoms with Crippen LogP contribution in [0.4, 0.5) is 5.82 Å². The first-order chi connectivity index (χ1) is 17.1. The fraction of sp³-hybridized carbons (Fsp3) is 0.333. The van der Waals surface area contributed by atoms with Gasteiger partial charge in [0.25, 0.3) is 0 Å². The molecule has 1 aromatic carbocycles. The molecule has 0 saturated carbocycles. The van der Waals surface area contributed by atoms with E-state index in [4.69, 9.17) is 4.74 Å². The molecule has 180 valence electrons. The number of pyridine rings is 2. The Morgan fingerprint density at radius 3 is 2.74 bits per heavy atom. The molecule has 0 amide bonds. The summed E-state index contributed by atoms with van der Waals surface area (Å²) < 4.78 is 5.79. The minimum absolute atomic E-state index is 0.0654. The second-order valence-electron chi connectivity index (χ2n) is 9.11. The van der Waals surface area contributed by atoms with E-state index in [1.54, 1.807) is 13.2 Å². The van der Waals surface area contributed by atoms with Crippen LogP contribution < -0.4 is 9.64 Å². The molecule has 1 saturated heterocycles. The van der Waals surface area contributed by atoms with Gasteiger partial charge < -0.3 is 9.64 Å². The number of aromatic nitrogens is 4. The number of hydrogen-bond donors (Lipinski definition) is 1. The highest BCUT2D eigenvalue weighted by Crippen LogP contribution is 2.30. The topological polar surface area (TPSA) is 82.5 Å². The fourth-order valence-electron chi connectivity index (χ4n) is 4.48. The third kappa shape index (κ3) is 5.33. The lowest BCUT2D eigenvalue weighted by molar-refractivity contribution is 0.233. The lowest BCUT2D eigenvalue weighted by Gasteiger charge is -2.35. The van der Waals surface area contributed by atoms with Gasteiger partial charge in [0, 0.05) is 69.2 Å².